The molecular formula is C32H19N2O4-. The number of carboxylic acid groups (broad SMARTS) is 2. The lowest BCUT2D eigenvalue weighted by Crippen LogP contribution is -2.25. The number of hydrogen-bond donors (Lipinski definition) is 1. The fourth-order valence-corrected chi connectivity index (χ4v) is 5.64. The topological polar surface area (TPSA) is 87.3 Å². The first-order valence-corrected chi connectivity index (χ1v) is 12.1. The van der Waals surface area contributed by atoms with E-state index in [-0.39, 0.29) is 11.1 Å². The van der Waals surface area contributed by atoms with Gasteiger partial charge in [0.25, 0.3) is 0 Å². The van der Waals surface area contributed by atoms with Crippen LogP contribution in [0.25, 0.3) is 55.0 Å². The maximum Gasteiger partial charge on any atom is 0.336 e. The average molecular weight is 496 g/mol. The minimum atomic E-state index is -1.54. The van der Waals surface area contributed by atoms with Gasteiger partial charge in [0.1, 0.15) is 0 Å². The van der Waals surface area contributed by atoms with E-state index in [1.165, 1.54) is 12.1 Å². The molecule has 0 fully saturated rings. The molecule has 38 heavy (non-hydrogen) atoms. The number of fused-ring (bicyclic) bond motifs is 6. The highest BCUT2D eigenvalue weighted by Gasteiger charge is 2.23. The zero-order valence-electron chi connectivity index (χ0n) is 20.0. The first-order chi connectivity index (χ1) is 18.5. The molecule has 7 aromatic rings. The van der Waals surface area contributed by atoms with Gasteiger partial charge in [0, 0.05) is 27.1 Å². The second-order valence-corrected chi connectivity index (χ2v) is 9.22. The lowest BCUT2D eigenvalue weighted by molar-refractivity contribution is -0.255. The Hall–Kier alpha value is -5.36. The summed E-state index contributed by atoms with van der Waals surface area (Å²) in [5.41, 5.74) is 3.91. The molecule has 1 N–H and O–H groups in total. The first kappa shape index (κ1) is 21.9. The van der Waals surface area contributed by atoms with Gasteiger partial charge in [-0.15, -0.1) is 0 Å². The Morgan fingerprint density at radius 2 is 0.842 bits per heavy atom. The average Bonchev–Trinajstić information content (AvgIpc) is 3.45. The van der Waals surface area contributed by atoms with Crippen molar-refractivity contribution in [2.45, 2.75) is 0 Å². The van der Waals surface area contributed by atoms with E-state index in [2.05, 4.69) is 0 Å². The second-order valence-electron chi connectivity index (χ2n) is 9.22. The van der Waals surface area contributed by atoms with Gasteiger partial charge in [-0.05, 0) is 36.4 Å². The predicted octanol–water partition coefficient (Wildman–Crippen LogP) is 5.94. The van der Waals surface area contributed by atoms with Gasteiger partial charge in [-0.3, -0.25) is 0 Å². The molecule has 0 aliphatic rings. The summed E-state index contributed by atoms with van der Waals surface area (Å²) in [6.07, 6.45) is 0. The van der Waals surface area contributed by atoms with E-state index in [9.17, 15) is 19.8 Å². The summed E-state index contributed by atoms with van der Waals surface area (Å²) in [4.78, 5) is 24.5. The van der Waals surface area contributed by atoms with Gasteiger partial charge in [0.05, 0.1) is 45.0 Å². The number of benzene rings is 5. The van der Waals surface area contributed by atoms with Crippen molar-refractivity contribution in [3.05, 3.63) is 120 Å². The molecule has 5 aromatic carbocycles. The molecule has 182 valence electrons. The number of aromatic carboxylic acids is 2. The fraction of sp³-hybridized carbons (Fsp3) is 0. The van der Waals surface area contributed by atoms with Crippen LogP contribution < -0.4 is 5.11 Å². The van der Waals surface area contributed by atoms with Crippen molar-refractivity contribution in [1.82, 2.24) is 9.13 Å². The largest absolute Gasteiger partial charge is 0.545 e. The van der Waals surface area contributed by atoms with Crippen LogP contribution in [-0.4, -0.2) is 26.2 Å². The van der Waals surface area contributed by atoms with Gasteiger partial charge in [-0.1, -0.05) is 72.8 Å². The Bertz CT molecular complexity index is 1840. The minimum absolute atomic E-state index is 0.327. The summed E-state index contributed by atoms with van der Waals surface area (Å²) in [5.74, 6) is -2.88. The normalized spacial score (nSPS) is 11.6. The SMILES string of the molecule is O=C([O-])c1cc(-n2c3ccccc3c3ccccc32)c(-n2c3ccccc3c3ccccc32)cc1C(=O)O. The Balaban J connectivity index is 1.72. The highest BCUT2D eigenvalue weighted by atomic mass is 16.4. The maximum atomic E-state index is 12.3. The molecule has 0 atom stereocenters. The molecule has 2 heterocycles. The standard InChI is InChI=1S/C32H20N2O4/c35-31(36)23-17-29(33-25-13-5-1-9-19(25)20-10-2-6-14-26(20)33)30(18-24(23)32(37)38)34-27-15-7-3-11-21(27)22-12-4-8-16-28(22)34/h1-18H,(H,35,36)(H,37,38)/p-1. The van der Waals surface area contributed by atoms with Crippen LogP contribution in [0.3, 0.4) is 0 Å². The molecule has 7 rings (SSSR count). The van der Waals surface area contributed by atoms with Crippen LogP contribution in [0.4, 0.5) is 0 Å². The van der Waals surface area contributed by atoms with Crippen molar-refractivity contribution in [3.63, 3.8) is 0 Å². The monoisotopic (exact) mass is 495 g/mol. The van der Waals surface area contributed by atoms with Crippen LogP contribution in [0.2, 0.25) is 0 Å². The van der Waals surface area contributed by atoms with Crippen molar-refractivity contribution in [2.75, 3.05) is 0 Å². The summed E-state index contributed by atoms with van der Waals surface area (Å²) in [7, 11) is 0. The molecular weight excluding hydrogens is 476 g/mol. The van der Waals surface area contributed by atoms with E-state index < -0.39 is 11.9 Å². The smallest absolute Gasteiger partial charge is 0.336 e. The van der Waals surface area contributed by atoms with Gasteiger partial charge in [0.2, 0.25) is 0 Å². The van der Waals surface area contributed by atoms with Gasteiger partial charge in [0.15, 0.2) is 0 Å². The third kappa shape index (κ3) is 3.01. The summed E-state index contributed by atoms with van der Waals surface area (Å²) in [5, 5.41) is 26.3. The molecule has 0 saturated carbocycles. The number of carbonyl (C=O) groups is 2. The van der Waals surface area contributed by atoms with Crippen LogP contribution in [-0.2, 0) is 0 Å². The molecule has 0 radical (unpaired) electrons. The number of para-hydroxylation sites is 4. The van der Waals surface area contributed by atoms with Gasteiger partial charge in [-0.25, -0.2) is 4.79 Å². The Morgan fingerprint density at radius 3 is 1.16 bits per heavy atom. The number of nitrogens with zero attached hydrogens (tertiary/aromatic N) is 2. The third-order valence-electron chi connectivity index (χ3n) is 7.21. The van der Waals surface area contributed by atoms with Gasteiger partial charge < -0.3 is 24.1 Å². The molecule has 0 unspecified atom stereocenters. The van der Waals surface area contributed by atoms with Crippen molar-refractivity contribution in [1.29, 1.82) is 0 Å². The van der Waals surface area contributed by atoms with Crippen molar-refractivity contribution in [3.8, 4) is 11.4 Å². The number of carboxylic acids is 2. The highest BCUT2D eigenvalue weighted by Crippen LogP contribution is 2.39. The lowest BCUT2D eigenvalue weighted by atomic mass is 10.0. The summed E-state index contributed by atoms with van der Waals surface area (Å²) in [6, 6.07) is 34.5. The molecule has 2 aromatic heterocycles. The van der Waals surface area contributed by atoms with E-state index >= 15 is 0 Å². The van der Waals surface area contributed by atoms with Gasteiger partial charge in [-0.2, -0.15) is 0 Å². The van der Waals surface area contributed by atoms with Crippen LogP contribution in [0.15, 0.2) is 109 Å². The summed E-state index contributed by atoms with van der Waals surface area (Å²) in [6.45, 7) is 0. The molecule has 0 spiro atoms. The Kier molecular flexibility index (Phi) is 4.65. The molecule has 0 bridgehead atoms. The minimum Gasteiger partial charge on any atom is -0.545 e. The Labute approximate surface area is 216 Å². The molecule has 0 aliphatic heterocycles. The lowest BCUT2D eigenvalue weighted by Gasteiger charge is -2.20. The number of carbonyl (C=O) groups excluding carboxylic acids is 1. The number of aromatic nitrogens is 2. The van der Waals surface area contributed by atoms with E-state index in [0.717, 1.165) is 43.6 Å². The van der Waals surface area contributed by atoms with E-state index in [0.29, 0.717) is 11.4 Å². The van der Waals surface area contributed by atoms with Crippen molar-refractivity contribution < 1.29 is 19.8 Å². The highest BCUT2D eigenvalue weighted by molar-refractivity contribution is 6.12. The maximum absolute atomic E-state index is 12.3. The zero-order valence-corrected chi connectivity index (χ0v) is 20.0. The quantitative estimate of drug-likeness (QED) is 0.327. The third-order valence-corrected chi connectivity index (χ3v) is 7.21. The summed E-state index contributed by atoms with van der Waals surface area (Å²) >= 11 is 0. The van der Waals surface area contributed by atoms with Crippen LogP contribution in [0.1, 0.15) is 20.7 Å². The van der Waals surface area contributed by atoms with Crippen molar-refractivity contribution in [2.24, 2.45) is 0 Å². The van der Waals surface area contributed by atoms with E-state index in [4.69, 9.17) is 0 Å². The predicted molar refractivity (Wildman–Crippen MR) is 146 cm³/mol. The zero-order chi connectivity index (χ0) is 26.0. The molecule has 0 saturated heterocycles. The molecule has 0 aliphatic carbocycles. The first-order valence-electron chi connectivity index (χ1n) is 12.1. The Morgan fingerprint density at radius 1 is 0.526 bits per heavy atom. The second kappa shape index (κ2) is 8.08. The van der Waals surface area contributed by atoms with E-state index in [1.807, 2.05) is 106 Å². The molecule has 0 amide bonds. The fourth-order valence-electron chi connectivity index (χ4n) is 5.64. The molecule has 6 heteroatoms. The van der Waals surface area contributed by atoms with Crippen molar-refractivity contribution >= 4 is 55.6 Å². The summed E-state index contributed by atoms with van der Waals surface area (Å²) < 4.78 is 4.01. The number of rotatable bonds is 4. The van der Waals surface area contributed by atoms with E-state index in [1.54, 1.807) is 0 Å². The van der Waals surface area contributed by atoms with Crippen LogP contribution in [0.5, 0.6) is 0 Å². The van der Waals surface area contributed by atoms with Crippen LogP contribution >= 0.6 is 0 Å². The number of hydrogen-bond acceptors (Lipinski definition) is 3. The van der Waals surface area contributed by atoms with Gasteiger partial charge >= 0.3 is 5.97 Å². The molecule has 6 nitrogen and oxygen atoms in total. The van der Waals surface area contributed by atoms with Crippen LogP contribution in [0, 0.1) is 0 Å².